The van der Waals surface area contributed by atoms with Crippen LogP contribution in [0, 0.1) is 5.92 Å². The monoisotopic (exact) mass is 287 g/mol. The summed E-state index contributed by atoms with van der Waals surface area (Å²) in [6.07, 6.45) is 2.34. The van der Waals surface area contributed by atoms with Crippen LogP contribution >= 0.6 is 0 Å². The van der Waals surface area contributed by atoms with E-state index in [0.717, 1.165) is 42.9 Å². The predicted octanol–water partition coefficient (Wildman–Crippen LogP) is 1.61. The minimum Gasteiger partial charge on any atom is -0.508 e. The quantitative estimate of drug-likeness (QED) is 0.796. The fourth-order valence-corrected chi connectivity index (χ4v) is 2.77. The number of aromatic amines is 1. The van der Waals surface area contributed by atoms with Crippen molar-refractivity contribution < 1.29 is 5.11 Å². The van der Waals surface area contributed by atoms with Crippen molar-refractivity contribution in [2.75, 3.05) is 31.6 Å². The molecular weight excluding hydrogens is 266 g/mol. The Morgan fingerprint density at radius 3 is 2.67 bits per heavy atom. The Morgan fingerprint density at radius 2 is 2.00 bits per heavy atom. The van der Waals surface area contributed by atoms with Crippen molar-refractivity contribution >= 4 is 5.95 Å². The van der Waals surface area contributed by atoms with Crippen molar-refractivity contribution in [3.8, 4) is 17.1 Å². The average molecular weight is 287 g/mol. The molecule has 0 bridgehead atoms. The first-order valence-electron chi connectivity index (χ1n) is 7.37. The van der Waals surface area contributed by atoms with Gasteiger partial charge < -0.3 is 15.3 Å². The van der Waals surface area contributed by atoms with E-state index < -0.39 is 0 Å². The topological polar surface area (TPSA) is 77.1 Å². The summed E-state index contributed by atoms with van der Waals surface area (Å²) in [6.45, 7) is 3.08. The van der Waals surface area contributed by atoms with Crippen molar-refractivity contribution in [2.45, 2.75) is 12.8 Å². The second-order valence-electron chi connectivity index (χ2n) is 5.52. The number of hydrogen-bond acceptors (Lipinski definition) is 5. The molecule has 2 aromatic rings. The maximum absolute atomic E-state index is 9.32. The number of nitrogens with one attached hydrogen (secondary N) is 2. The van der Waals surface area contributed by atoms with Crippen LogP contribution in [0.1, 0.15) is 12.8 Å². The maximum atomic E-state index is 9.32. The third-order valence-electron chi connectivity index (χ3n) is 4.00. The minimum atomic E-state index is 0.255. The summed E-state index contributed by atoms with van der Waals surface area (Å²) in [5.41, 5.74) is 0.927. The molecule has 0 radical (unpaired) electrons. The van der Waals surface area contributed by atoms with Crippen molar-refractivity contribution in [2.24, 2.45) is 5.92 Å². The van der Waals surface area contributed by atoms with Crippen molar-refractivity contribution in [3.63, 3.8) is 0 Å². The van der Waals surface area contributed by atoms with Crippen LogP contribution < -0.4 is 10.2 Å². The van der Waals surface area contributed by atoms with E-state index in [1.165, 1.54) is 12.8 Å². The SMILES string of the molecule is CNCC1CCN(c2n[nH]c(-c3ccc(O)cc3)n2)CC1. The van der Waals surface area contributed by atoms with E-state index in [9.17, 15) is 5.11 Å². The van der Waals surface area contributed by atoms with Gasteiger partial charge in [-0.15, -0.1) is 5.10 Å². The first-order valence-corrected chi connectivity index (χ1v) is 7.37. The molecule has 6 heteroatoms. The standard InChI is InChI=1S/C15H21N5O/c1-16-10-11-6-8-20(9-7-11)15-17-14(18-19-15)12-2-4-13(21)5-3-12/h2-5,11,16,21H,6-10H2,1H3,(H,17,18,19). The molecule has 2 heterocycles. The number of aromatic hydroxyl groups is 1. The summed E-state index contributed by atoms with van der Waals surface area (Å²) in [5, 5.41) is 19.9. The smallest absolute Gasteiger partial charge is 0.245 e. The lowest BCUT2D eigenvalue weighted by Crippen LogP contribution is -2.37. The second kappa shape index (κ2) is 6.13. The summed E-state index contributed by atoms with van der Waals surface area (Å²) < 4.78 is 0. The number of anilines is 1. The normalized spacial score (nSPS) is 16.3. The molecule has 0 atom stereocenters. The van der Waals surface area contributed by atoms with Crippen LogP contribution in [0.2, 0.25) is 0 Å². The first kappa shape index (κ1) is 13.9. The first-order chi connectivity index (χ1) is 10.3. The lowest BCUT2D eigenvalue weighted by Gasteiger charge is -2.30. The molecular formula is C15H21N5O. The van der Waals surface area contributed by atoms with Gasteiger partial charge in [0.25, 0.3) is 0 Å². The number of H-pyrrole nitrogens is 1. The molecule has 3 rings (SSSR count). The van der Waals surface area contributed by atoms with Gasteiger partial charge in [0.2, 0.25) is 5.95 Å². The van der Waals surface area contributed by atoms with Gasteiger partial charge in [0.15, 0.2) is 5.82 Å². The number of benzene rings is 1. The second-order valence-corrected chi connectivity index (χ2v) is 5.52. The summed E-state index contributed by atoms with van der Waals surface area (Å²) in [4.78, 5) is 6.80. The van der Waals surface area contributed by atoms with Crippen LogP contribution in [0.5, 0.6) is 5.75 Å². The summed E-state index contributed by atoms with van der Waals surface area (Å²) in [6, 6.07) is 6.97. The molecule has 112 valence electrons. The number of piperidine rings is 1. The molecule has 0 spiro atoms. The molecule has 21 heavy (non-hydrogen) atoms. The average Bonchev–Trinajstić information content (AvgIpc) is 2.99. The van der Waals surface area contributed by atoms with E-state index in [1.807, 2.05) is 19.2 Å². The number of rotatable bonds is 4. The Balaban J connectivity index is 1.67. The minimum absolute atomic E-state index is 0.255. The predicted molar refractivity (Wildman–Crippen MR) is 82.3 cm³/mol. The Labute approximate surface area is 124 Å². The zero-order chi connectivity index (χ0) is 14.7. The Hall–Kier alpha value is -2.08. The molecule has 1 aromatic heterocycles. The van der Waals surface area contributed by atoms with E-state index >= 15 is 0 Å². The highest BCUT2D eigenvalue weighted by atomic mass is 16.3. The van der Waals surface area contributed by atoms with Crippen molar-refractivity contribution in [3.05, 3.63) is 24.3 Å². The van der Waals surface area contributed by atoms with Gasteiger partial charge in [0, 0.05) is 18.7 Å². The van der Waals surface area contributed by atoms with E-state index in [-0.39, 0.29) is 5.75 Å². The highest BCUT2D eigenvalue weighted by Crippen LogP contribution is 2.23. The molecule has 3 N–H and O–H groups in total. The zero-order valence-electron chi connectivity index (χ0n) is 12.2. The largest absolute Gasteiger partial charge is 0.508 e. The van der Waals surface area contributed by atoms with E-state index in [2.05, 4.69) is 25.4 Å². The number of aromatic nitrogens is 3. The third kappa shape index (κ3) is 3.16. The lowest BCUT2D eigenvalue weighted by atomic mass is 9.97. The summed E-state index contributed by atoms with van der Waals surface area (Å²) >= 11 is 0. The molecule has 0 amide bonds. The van der Waals surface area contributed by atoms with Crippen LogP contribution in [0.3, 0.4) is 0 Å². The lowest BCUT2D eigenvalue weighted by molar-refractivity contribution is 0.391. The van der Waals surface area contributed by atoms with E-state index in [4.69, 9.17) is 0 Å². The number of phenolic OH excluding ortho intramolecular Hbond substituents is 1. The van der Waals surface area contributed by atoms with Crippen LogP contribution in [0.4, 0.5) is 5.95 Å². The molecule has 1 aliphatic heterocycles. The van der Waals surface area contributed by atoms with Gasteiger partial charge in [-0.1, -0.05) is 0 Å². The molecule has 1 aromatic carbocycles. The highest BCUT2D eigenvalue weighted by molar-refractivity contribution is 5.57. The number of nitrogens with zero attached hydrogens (tertiary/aromatic N) is 3. The molecule has 6 nitrogen and oxygen atoms in total. The van der Waals surface area contributed by atoms with Gasteiger partial charge in [0.1, 0.15) is 5.75 Å². The van der Waals surface area contributed by atoms with Crippen LogP contribution in [0.25, 0.3) is 11.4 Å². The summed E-state index contributed by atoms with van der Waals surface area (Å²) in [7, 11) is 2.01. The summed E-state index contributed by atoms with van der Waals surface area (Å²) in [5.74, 6) is 2.51. The molecule has 0 aliphatic carbocycles. The Morgan fingerprint density at radius 1 is 1.29 bits per heavy atom. The fraction of sp³-hybridized carbons (Fsp3) is 0.467. The van der Waals surface area contributed by atoms with Crippen LogP contribution in [0.15, 0.2) is 24.3 Å². The number of hydrogen-bond donors (Lipinski definition) is 3. The molecule has 0 saturated carbocycles. The van der Waals surface area contributed by atoms with Gasteiger partial charge in [0.05, 0.1) is 0 Å². The molecule has 1 saturated heterocycles. The van der Waals surface area contributed by atoms with Crippen molar-refractivity contribution in [1.82, 2.24) is 20.5 Å². The van der Waals surface area contributed by atoms with Gasteiger partial charge >= 0.3 is 0 Å². The van der Waals surface area contributed by atoms with Crippen LogP contribution in [-0.4, -0.2) is 47.0 Å². The van der Waals surface area contributed by atoms with Gasteiger partial charge in [-0.2, -0.15) is 4.98 Å². The third-order valence-corrected chi connectivity index (χ3v) is 4.00. The fourth-order valence-electron chi connectivity index (χ4n) is 2.77. The Kier molecular flexibility index (Phi) is 4.06. The zero-order valence-corrected chi connectivity index (χ0v) is 12.2. The Bertz CT molecular complexity index is 572. The van der Waals surface area contributed by atoms with Gasteiger partial charge in [-0.05, 0) is 56.6 Å². The molecule has 1 aliphatic rings. The van der Waals surface area contributed by atoms with Crippen molar-refractivity contribution in [1.29, 1.82) is 0 Å². The maximum Gasteiger partial charge on any atom is 0.245 e. The van der Waals surface area contributed by atoms with E-state index in [1.54, 1.807) is 12.1 Å². The molecule has 0 unspecified atom stereocenters. The van der Waals surface area contributed by atoms with E-state index in [0.29, 0.717) is 0 Å². The van der Waals surface area contributed by atoms with Gasteiger partial charge in [-0.3, -0.25) is 5.10 Å². The van der Waals surface area contributed by atoms with Crippen LogP contribution in [-0.2, 0) is 0 Å². The van der Waals surface area contributed by atoms with Gasteiger partial charge in [-0.25, -0.2) is 0 Å². The highest BCUT2D eigenvalue weighted by Gasteiger charge is 2.21. The number of phenols is 1. The molecule has 1 fully saturated rings.